The highest BCUT2D eigenvalue weighted by molar-refractivity contribution is 7.85. The Kier molecular flexibility index (Phi) is 11.9. The molecule has 4 aromatic carbocycles. The molecule has 44 heavy (non-hydrogen) atoms. The summed E-state index contributed by atoms with van der Waals surface area (Å²) < 4.78 is 46.1. The fourth-order valence-corrected chi connectivity index (χ4v) is 6.43. The molecule has 3 unspecified atom stereocenters. The third kappa shape index (κ3) is 8.71. The van der Waals surface area contributed by atoms with Gasteiger partial charge in [-0.2, -0.15) is 0 Å². The Labute approximate surface area is 261 Å². The first kappa shape index (κ1) is 31.8. The van der Waals surface area contributed by atoms with Gasteiger partial charge in [0.25, 0.3) is 0 Å². The molecule has 6 atom stereocenters. The lowest BCUT2D eigenvalue weighted by molar-refractivity contribution is -0.254. The van der Waals surface area contributed by atoms with Crippen LogP contribution in [0.2, 0.25) is 0 Å². The Morgan fingerprint density at radius 2 is 1.07 bits per heavy atom. The molecule has 0 amide bonds. The molecule has 8 heteroatoms. The van der Waals surface area contributed by atoms with Crippen LogP contribution in [0.15, 0.2) is 126 Å². The largest absolute Gasteiger partial charge is 0.463 e. The Morgan fingerprint density at radius 3 is 1.55 bits per heavy atom. The SMILES string of the molecule is CCC(=O)OCC1O[C@@H](S(=O)c2ccccc2)C(OCc2ccccc2)[C@H](OCc2ccccc2)[C@H]1OCc1ccccc1. The molecule has 230 valence electrons. The minimum atomic E-state index is -1.64. The summed E-state index contributed by atoms with van der Waals surface area (Å²) in [6.45, 7) is 2.46. The van der Waals surface area contributed by atoms with E-state index in [9.17, 15) is 9.00 Å². The molecule has 1 fully saturated rings. The number of ether oxygens (including phenoxy) is 5. The van der Waals surface area contributed by atoms with E-state index < -0.39 is 40.7 Å². The monoisotopic (exact) mass is 614 g/mol. The van der Waals surface area contributed by atoms with Crippen molar-refractivity contribution in [3.63, 3.8) is 0 Å². The highest BCUT2D eigenvalue weighted by Crippen LogP contribution is 2.34. The molecule has 0 aromatic heterocycles. The molecule has 0 saturated carbocycles. The first-order valence-corrected chi connectivity index (χ1v) is 16.1. The van der Waals surface area contributed by atoms with Crippen molar-refractivity contribution in [3.8, 4) is 0 Å². The van der Waals surface area contributed by atoms with E-state index in [1.165, 1.54) is 0 Å². The third-order valence-corrected chi connectivity index (χ3v) is 8.87. The van der Waals surface area contributed by atoms with E-state index in [-0.39, 0.29) is 38.8 Å². The first-order chi connectivity index (χ1) is 21.6. The number of carbonyl (C=O) groups excluding carboxylic acids is 1. The van der Waals surface area contributed by atoms with Gasteiger partial charge in [-0.3, -0.25) is 9.00 Å². The summed E-state index contributed by atoms with van der Waals surface area (Å²) >= 11 is 0. The van der Waals surface area contributed by atoms with Crippen LogP contribution >= 0.6 is 0 Å². The van der Waals surface area contributed by atoms with Gasteiger partial charge in [0.05, 0.1) is 30.6 Å². The van der Waals surface area contributed by atoms with Crippen LogP contribution in [0.4, 0.5) is 0 Å². The van der Waals surface area contributed by atoms with Gasteiger partial charge in [-0.15, -0.1) is 0 Å². The number of hydrogen-bond donors (Lipinski definition) is 0. The number of benzene rings is 4. The van der Waals surface area contributed by atoms with Crippen LogP contribution in [-0.4, -0.2) is 46.6 Å². The summed E-state index contributed by atoms with van der Waals surface area (Å²) in [6, 6.07) is 38.6. The highest BCUT2D eigenvalue weighted by Gasteiger charge is 2.51. The quantitative estimate of drug-likeness (QED) is 0.156. The van der Waals surface area contributed by atoms with Gasteiger partial charge in [0.2, 0.25) is 0 Å². The van der Waals surface area contributed by atoms with Crippen LogP contribution in [0.5, 0.6) is 0 Å². The van der Waals surface area contributed by atoms with Crippen molar-refractivity contribution in [2.75, 3.05) is 6.61 Å². The van der Waals surface area contributed by atoms with Crippen LogP contribution < -0.4 is 0 Å². The molecule has 1 heterocycles. The molecule has 0 radical (unpaired) electrons. The fraction of sp³-hybridized carbons (Fsp3) is 0.306. The Balaban J connectivity index is 1.51. The number of esters is 1. The Morgan fingerprint density at radius 1 is 0.636 bits per heavy atom. The van der Waals surface area contributed by atoms with Gasteiger partial charge in [-0.1, -0.05) is 116 Å². The van der Waals surface area contributed by atoms with E-state index in [4.69, 9.17) is 23.7 Å². The van der Waals surface area contributed by atoms with Crippen LogP contribution in [0, 0.1) is 0 Å². The van der Waals surface area contributed by atoms with E-state index in [0.717, 1.165) is 16.7 Å². The number of rotatable bonds is 14. The molecular formula is C36H38O7S. The summed E-state index contributed by atoms with van der Waals surface area (Å²) in [5.41, 5.74) is 1.97. The van der Waals surface area contributed by atoms with Gasteiger partial charge in [0.1, 0.15) is 31.0 Å². The van der Waals surface area contributed by atoms with Crippen molar-refractivity contribution in [1.82, 2.24) is 0 Å². The predicted molar refractivity (Wildman–Crippen MR) is 168 cm³/mol. The van der Waals surface area contributed by atoms with E-state index in [0.29, 0.717) is 4.90 Å². The second-order valence-electron chi connectivity index (χ2n) is 10.5. The van der Waals surface area contributed by atoms with E-state index in [1.807, 2.05) is 109 Å². The molecule has 7 nitrogen and oxygen atoms in total. The van der Waals surface area contributed by atoms with Crippen molar-refractivity contribution < 1.29 is 32.7 Å². The molecule has 0 aliphatic carbocycles. The molecule has 1 aliphatic rings. The summed E-state index contributed by atoms with van der Waals surface area (Å²) in [5, 5.41) is 0. The maximum atomic E-state index is 14.2. The summed E-state index contributed by atoms with van der Waals surface area (Å²) in [7, 11) is -1.64. The first-order valence-electron chi connectivity index (χ1n) is 14.9. The molecular weight excluding hydrogens is 576 g/mol. The minimum absolute atomic E-state index is 0.0782. The smallest absolute Gasteiger partial charge is 0.305 e. The lowest BCUT2D eigenvalue weighted by Gasteiger charge is -2.45. The average molecular weight is 615 g/mol. The minimum Gasteiger partial charge on any atom is -0.463 e. The van der Waals surface area contributed by atoms with Gasteiger partial charge in [0.15, 0.2) is 5.44 Å². The summed E-state index contributed by atoms with van der Waals surface area (Å²) in [4.78, 5) is 12.9. The van der Waals surface area contributed by atoms with Gasteiger partial charge in [-0.05, 0) is 28.8 Å². The van der Waals surface area contributed by atoms with E-state index in [1.54, 1.807) is 19.1 Å². The summed E-state index contributed by atoms with van der Waals surface area (Å²) in [6.07, 6.45) is -2.73. The van der Waals surface area contributed by atoms with Crippen molar-refractivity contribution in [1.29, 1.82) is 0 Å². The van der Waals surface area contributed by atoms with Crippen molar-refractivity contribution in [2.45, 2.75) is 67.9 Å². The zero-order valence-electron chi connectivity index (χ0n) is 24.7. The van der Waals surface area contributed by atoms with Crippen LogP contribution in [0.3, 0.4) is 0 Å². The molecule has 5 rings (SSSR count). The van der Waals surface area contributed by atoms with Crippen molar-refractivity contribution >= 4 is 16.8 Å². The van der Waals surface area contributed by atoms with E-state index >= 15 is 0 Å². The standard InChI is InChI=1S/C36H38O7S/c1-2-32(37)39-26-31-33(40-23-27-15-7-3-8-16-27)34(41-24-28-17-9-4-10-18-28)35(42-25-29-19-11-5-12-20-29)36(43-31)44(38)30-21-13-6-14-22-30/h3-22,31,33-36H,2,23-26H2,1H3/t31?,33-,34+,35?,36-,44?/m0/s1. The maximum absolute atomic E-state index is 14.2. The molecule has 1 aliphatic heterocycles. The molecule has 0 N–H and O–H groups in total. The maximum Gasteiger partial charge on any atom is 0.305 e. The lowest BCUT2D eigenvalue weighted by atomic mass is 9.98. The molecule has 0 spiro atoms. The Bertz CT molecular complexity index is 1440. The second kappa shape index (κ2) is 16.4. The van der Waals surface area contributed by atoms with Gasteiger partial charge in [0, 0.05) is 11.3 Å². The second-order valence-corrected chi connectivity index (χ2v) is 12.0. The van der Waals surface area contributed by atoms with E-state index in [2.05, 4.69) is 0 Å². The molecule has 1 saturated heterocycles. The predicted octanol–water partition coefficient (Wildman–Crippen LogP) is 6.23. The summed E-state index contributed by atoms with van der Waals surface area (Å²) in [5.74, 6) is -0.361. The van der Waals surface area contributed by atoms with Gasteiger partial charge in [-0.25, -0.2) is 0 Å². The third-order valence-electron chi connectivity index (χ3n) is 7.33. The lowest BCUT2D eigenvalue weighted by Crippen LogP contribution is -2.62. The van der Waals surface area contributed by atoms with Crippen LogP contribution in [-0.2, 0) is 59.1 Å². The molecule has 0 bridgehead atoms. The number of hydrogen-bond acceptors (Lipinski definition) is 7. The number of carbonyl (C=O) groups is 1. The van der Waals surface area contributed by atoms with Crippen molar-refractivity contribution in [2.24, 2.45) is 0 Å². The Hall–Kier alpha value is -3.66. The average Bonchev–Trinajstić information content (AvgIpc) is 3.09. The fourth-order valence-electron chi connectivity index (χ4n) is 5.02. The van der Waals surface area contributed by atoms with Crippen LogP contribution in [0.25, 0.3) is 0 Å². The normalized spacial score (nSPS) is 22.2. The highest BCUT2D eigenvalue weighted by atomic mass is 32.2. The molecule has 4 aromatic rings. The van der Waals surface area contributed by atoms with Crippen LogP contribution in [0.1, 0.15) is 30.0 Å². The van der Waals surface area contributed by atoms with Gasteiger partial charge >= 0.3 is 5.97 Å². The zero-order valence-corrected chi connectivity index (χ0v) is 25.6. The zero-order chi connectivity index (χ0) is 30.6. The topological polar surface area (TPSA) is 80.3 Å². The van der Waals surface area contributed by atoms with Gasteiger partial charge < -0.3 is 23.7 Å². The van der Waals surface area contributed by atoms with Crippen molar-refractivity contribution in [3.05, 3.63) is 138 Å².